The van der Waals surface area contributed by atoms with Gasteiger partial charge in [0.25, 0.3) is 11.6 Å². The van der Waals surface area contributed by atoms with Crippen LogP contribution in [0.25, 0.3) is 0 Å². The molecule has 0 saturated heterocycles. The van der Waals surface area contributed by atoms with Crippen LogP contribution in [-0.2, 0) is 0 Å². The Morgan fingerprint density at radius 2 is 2.00 bits per heavy atom. The summed E-state index contributed by atoms with van der Waals surface area (Å²) in [5, 5.41) is 17.0. The lowest BCUT2D eigenvalue weighted by Gasteiger charge is -2.09. The van der Waals surface area contributed by atoms with Crippen LogP contribution in [0.1, 0.15) is 10.4 Å². The van der Waals surface area contributed by atoms with Gasteiger partial charge in [-0.1, -0.05) is 33.6 Å². The summed E-state index contributed by atoms with van der Waals surface area (Å²) >= 11 is 9.15. The Morgan fingerprint density at radius 1 is 1.22 bits per heavy atom. The molecule has 0 bridgehead atoms. The average Bonchev–Trinajstić information content (AvgIpc) is 2.51. The summed E-state index contributed by atoms with van der Waals surface area (Å²) in [4.78, 5) is 22.4. The van der Waals surface area contributed by atoms with Gasteiger partial charge < -0.3 is 10.6 Å². The van der Waals surface area contributed by atoms with Crippen LogP contribution in [0.4, 0.5) is 11.4 Å². The van der Waals surface area contributed by atoms with Gasteiger partial charge in [0.05, 0.1) is 4.92 Å². The molecule has 0 aliphatic heterocycles. The molecule has 0 aliphatic carbocycles. The summed E-state index contributed by atoms with van der Waals surface area (Å²) in [7, 11) is 0. The van der Waals surface area contributed by atoms with Crippen LogP contribution in [0.15, 0.2) is 46.9 Å². The highest BCUT2D eigenvalue weighted by Gasteiger charge is 2.13. The first kappa shape index (κ1) is 17.2. The van der Waals surface area contributed by atoms with Crippen molar-refractivity contribution in [1.82, 2.24) is 5.32 Å². The molecule has 2 aromatic carbocycles. The first-order valence-electron chi connectivity index (χ1n) is 6.69. The first-order chi connectivity index (χ1) is 11.0. The van der Waals surface area contributed by atoms with Gasteiger partial charge in [0.15, 0.2) is 0 Å². The van der Waals surface area contributed by atoms with Crippen LogP contribution in [0.2, 0.25) is 5.02 Å². The molecule has 120 valence electrons. The Labute approximate surface area is 146 Å². The molecule has 0 heterocycles. The van der Waals surface area contributed by atoms with Gasteiger partial charge in [-0.3, -0.25) is 14.9 Å². The Morgan fingerprint density at radius 3 is 2.70 bits per heavy atom. The normalized spacial score (nSPS) is 10.2. The quantitative estimate of drug-likeness (QED) is 0.440. The van der Waals surface area contributed by atoms with Crippen molar-refractivity contribution in [3.05, 3.63) is 67.6 Å². The Bertz CT molecular complexity index is 740. The minimum atomic E-state index is -0.487. The van der Waals surface area contributed by atoms with Crippen LogP contribution in [0.5, 0.6) is 0 Å². The van der Waals surface area contributed by atoms with Crippen LogP contribution >= 0.6 is 27.5 Å². The maximum Gasteiger partial charge on any atom is 0.292 e. The number of halogens is 2. The van der Waals surface area contributed by atoms with Gasteiger partial charge in [-0.25, -0.2) is 0 Å². The van der Waals surface area contributed by atoms with E-state index in [9.17, 15) is 14.9 Å². The topological polar surface area (TPSA) is 84.3 Å². The maximum atomic E-state index is 11.9. The zero-order valence-electron chi connectivity index (χ0n) is 11.9. The first-order valence-corrected chi connectivity index (χ1v) is 7.86. The Kier molecular flexibility index (Phi) is 5.95. The third-order valence-electron chi connectivity index (χ3n) is 2.97. The predicted octanol–water partition coefficient (Wildman–Crippen LogP) is 3.85. The van der Waals surface area contributed by atoms with Gasteiger partial charge in [-0.2, -0.15) is 0 Å². The van der Waals surface area contributed by atoms with Gasteiger partial charge in [0.2, 0.25) is 0 Å². The summed E-state index contributed by atoms with van der Waals surface area (Å²) in [6.45, 7) is 0.649. The third kappa shape index (κ3) is 4.94. The zero-order chi connectivity index (χ0) is 16.8. The van der Waals surface area contributed by atoms with E-state index in [1.54, 1.807) is 18.2 Å². The fourth-order valence-corrected chi connectivity index (χ4v) is 2.49. The molecule has 1 amide bonds. The summed E-state index contributed by atoms with van der Waals surface area (Å²) in [5.41, 5.74) is 0.792. The number of hydrogen-bond donors (Lipinski definition) is 2. The molecule has 8 heteroatoms. The molecule has 23 heavy (non-hydrogen) atoms. The van der Waals surface area contributed by atoms with Crippen molar-refractivity contribution < 1.29 is 9.72 Å². The molecule has 6 nitrogen and oxygen atoms in total. The lowest BCUT2D eigenvalue weighted by molar-refractivity contribution is -0.384. The second kappa shape index (κ2) is 7.94. The summed E-state index contributed by atoms with van der Waals surface area (Å²) in [6.07, 6.45) is 0. The highest BCUT2D eigenvalue weighted by molar-refractivity contribution is 9.10. The van der Waals surface area contributed by atoms with E-state index >= 15 is 0 Å². The number of rotatable bonds is 6. The van der Waals surface area contributed by atoms with Crippen molar-refractivity contribution in [2.75, 3.05) is 18.4 Å². The van der Waals surface area contributed by atoms with Gasteiger partial charge in [0.1, 0.15) is 5.69 Å². The highest BCUT2D eigenvalue weighted by atomic mass is 79.9. The number of nitrogens with zero attached hydrogens (tertiary/aromatic N) is 1. The van der Waals surface area contributed by atoms with E-state index < -0.39 is 4.92 Å². The molecule has 2 aromatic rings. The van der Waals surface area contributed by atoms with Gasteiger partial charge >= 0.3 is 0 Å². The molecular formula is C15H13BrClN3O3. The van der Waals surface area contributed by atoms with Crippen molar-refractivity contribution >= 4 is 44.8 Å². The molecule has 0 aromatic heterocycles. The number of anilines is 1. The lowest BCUT2D eigenvalue weighted by Crippen LogP contribution is -2.28. The fourth-order valence-electron chi connectivity index (χ4n) is 1.91. The van der Waals surface area contributed by atoms with Crippen molar-refractivity contribution in [2.24, 2.45) is 0 Å². The van der Waals surface area contributed by atoms with Crippen LogP contribution in [-0.4, -0.2) is 23.9 Å². The molecule has 0 spiro atoms. The van der Waals surface area contributed by atoms with E-state index in [2.05, 4.69) is 26.6 Å². The minimum Gasteiger partial charge on any atom is -0.378 e. The van der Waals surface area contributed by atoms with E-state index in [0.717, 1.165) is 4.47 Å². The van der Waals surface area contributed by atoms with Crippen molar-refractivity contribution in [3.63, 3.8) is 0 Å². The second-order valence-electron chi connectivity index (χ2n) is 4.61. The molecule has 0 aliphatic rings. The number of nitro groups is 1. The Hall–Kier alpha value is -2.12. The molecule has 2 N–H and O–H groups in total. The fraction of sp³-hybridized carbons (Fsp3) is 0.133. The lowest BCUT2D eigenvalue weighted by atomic mass is 10.2. The molecule has 0 saturated carbocycles. The summed E-state index contributed by atoms with van der Waals surface area (Å²) in [6, 6.07) is 11.3. The van der Waals surface area contributed by atoms with Crippen molar-refractivity contribution in [3.8, 4) is 0 Å². The standard InChI is InChI=1S/C15H13BrClN3O3/c16-11-3-1-2-10(8-11)15(21)19-7-6-18-13-9-12(17)4-5-14(13)20(22)23/h1-5,8-9,18H,6-7H2,(H,19,21). The van der Waals surface area contributed by atoms with Crippen molar-refractivity contribution in [1.29, 1.82) is 0 Å². The van der Waals surface area contributed by atoms with Gasteiger partial charge in [-0.05, 0) is 30.3 Å². The molecule has 0 unspecified atom stereocenters. The summed E-state index contributed by atoms with van der Waals surface area (Å²) < 4.78 is 0.817. The van der Waals surface area contributed by atoms with E-state index in [1.165, 1.54) is 18.2 Å². The van der Waals surface area contributed by atoms with Gasteiger partial charge in [-0.15, -0.1) is 0 Å². The Balaban J connectivity index is 1.89. The molecule has 0 fully saturated rings. The number of benzene rings is 2. The number of nitrogens with one attached hydrogen (secondary N) is 2. The molecule has 0 radical (unpaired) electrons. The van der Waals surface area contributed by atoms with Crippen LogP contribution < -0.4 is 10.6 Å². The van der Waals surface area contributed by atoms with E-state index in [4.69, 9.17) is 11.6 Å². The highest BCUT2D eigenvalue weighted by Crippen LogP contribution is 2.27. The smallest absolute Gasteiger partial charge is 0.292 e. The number of carbonyl (C=O) groups is 1. The van der Waals surface area contributed by atoms with Crippen LogP contribution in [0, 0.1) is 10.1 Å². The van der Waals surface area contributed by atoms with E-state index in [-0.39, 0.29) is 11.6 Å². The number of nitro benzene ring substituents is 1. The number of carbonyl (C=O) groups excluding carboxylic acids is 1. The monoisotopic (exact) mass is 397 g/mol. The van der Waals surface area contributed by atoms with Crippen LogP contribution in [0.3, 0.4) is 0 Å². The molecule has 2 rings (SSSR count). The molecular weight excluding hydrogens is 386 g/mol. The SMILES string of the molecule is O=C(NCCNc1cc(Cl)ccc1[N+](=O)[O-])c1cccc(Br)c1. The average molecular weight is 399 g/mol. The zero-order valence-corrected chi connectivity index (χ0v) is 14.2. The summed E-state index contributed by atoms with van der Waals surface area (Å²) in [5.74, 6) is -0.214. The number of amides is 1. The van der Waals surface area contributed by atoms with E-state index in [0.29, 0.717) is 29.4 Å². The van der Waals surface area contributed by atoms with E-state index in [1.807, 2.05) is 6.07 Å². The number of hydrogen-bond acceptors (Lipinski definition) is 4. The maximum absolute atomic E-state index is 11.9. The predicted molar refractivity (Wildman–Crippen MR) is 93.1 cm³/mol. The third-order valence-corrected chi connectivity index (χ3v) is 3.70. The second-order valence-corrected chi connectivity index (χ2v) is 5.96. The van der Waals surface area contributed by atoms with Gasteiger partial charge in [0, 0.05) is 34.2 Å². The van der Waals surface area contributed by atoms with Crippen molar-refractivity contribution in [2.45, 2.75) is 0 Å². The molecule has 0 atom stereocenters. The largest absolute Gasteiger partial charge is 0.378 e. The minimum absolute atomic E-state index is 0.0623.